The van der Waals surface area contributed by atoms with Crippen molar-refractivity contribution >= 4 is 31.6 Å². The summed E-state index contributed by atoms with van der Waals surface area (Å²) in [4.78, 5) is 0.0314. The van der Waals surface area contributed by atoms with Crippen molar-refractivity contribution < 1.29 is 12.8 Å². The molecule has 20 heavy (non-hydrogen) atoms. The Morgan fingerprint density at radius 3 is 2.40 bits per heavy atom. The molecule has 0 saturated carbocycles. The Kier molecular flexibility index (Phi) is 4.45. The minimum absolute atomic E-state index is 0.0314. The maximum absolute atomic E-state index is 12.8. The summed E-state index contributed by atoms with van der Waals surface area (Å²) < 4.78 is 40.7. The predicted octanol–water partition coefficient (Wildman–Crippen LogP) is 3.95. The quantitative estimate of drug-likeness (QED) is 0.900. The van der Waals surface area contributed by atoms with Crippen LogP contribution in [0.2, 0.25) is 0 Å². The van der Waals surface area contributed by atoms with E-state index in [0.717, 1.165) is 22.2 Å². The molecular formula is C14H13BrFNO2S. The summed E-state index contributed by atoms with van der Waals surface area (Å²) in [5.74, 6) is -0.471. The highest BCUT2D eigenvalue weighted by Gasteiger charge is 2.15. The first-order valence-corrected chi connectivity index (χ1v) is 8.27. The van der Waals surface area contributed by atoms with Crippen molar-refractivity contribution in [3.63, 3.8) is 0 Å². The van der Waals surface area contributed by atoms with Gasteiger partial charge in [0.05, 0.1) is 10.6 Å². The molecule has 0 radical (unpaired) electrons. The molecule has 6 heteroatoms. The van der Waals surface area contributed by atoms with E-state index in [4.69, 9.17) is 0 Å². The van der Waals surface area contributed by atoms with Crippen molar-refractivity contribution in [2.75, 3.05) is 4.72 Å². The normalized spacial score (nSPS) is 11.3. The van der Waals surface area contributed by atoms with Gasteiger partial charge in [0.25, 0.3) is 10.0 Å². The number of rotatable bonds is 4. The largest absolute Gasteiger partial charge is 0.279 e. The lowest BCUT2D eigenvalue weighted by Crippen LogP contribution is -2.14. The third kappa shape index (κ3) is 3.37. The Hall–Kier alpha value is -1.40. The first-order valence-electron chi connectivity index (χ1n) is 5.99. The first-order chi connectivity index (χ1) is 9.42. The van der Waals surface area contributed by atoms with Crippen LogP contribution in [0.1, 0.15) is 12.5 Å². The number of anilines is 1. The summed E-state index contributed by atoms with van der Waals surface area (Å²) >= 11 is 3.35. The van der Waals surface area contributed by atoms with Crippen LogP contribution in [0.25, 0.3) is 0 Å². The summed E-state index contributed by atoms with van der Waals surface area (Å²) in [5, 5.41) is 0. The van der Waals surface area contributed by atoms with Crippen LogP contribution in [0, 0.1) is 5.82 Å². The second-order valence-electron chi connectivity index (χ2n) is 4.21. The van der Waals surface area contributed by atoms with Gasteiger partial charge >= 0.3 is 0 Å². The topological polar surface area (TPSA) is 46.2 Å². The van der Waals surface area contributed by atoms with Gasteiger partial charge < -0.3 is 0 Å². The lowest BCUT2D eigenvalue weighted by molar-refractivity contribution is 0.599. The maximum Gasteiger partial charge on any atom is 0.261 e. The molecule has 0 heterocycles. The zero-order valence-electron chi connectivity index (χ0n) is 10.7. The van der Waals surface area contributed by atoms with Gasteiger partial charge in [-0.05, 0) is 54.4 Å². The number of aryl methyl sites for hydroxylation is 1. The van der Waals surface area contributed by atoms with Gasteiger partial charge in [0, 0.05) is 4.47 Å². The number of sulfonamides is 1. The number of halogens is 2. The van der Waals surface area contributed by atoms with Crippen molar-refractivity contribution in [3.05, 3.63) is 58.3 Å². The molecule has 0 atom stereocenters. The van der Waals surface area contributed by atoms with Crippen molar-refractivity contribution in [2.45, 2.75) is 18.2 Å². The Morgan fingerprint density at radius 1 is 1.15 bits per heavy atom. The molecule has 0 aromatic heterocycles. The second-order valence-corrected chi connectivity index (χ2v) is 6.81. The fourth-order valence-corrected chi connectivity index (χ4v) is 3.28. The lowest BCUT2D eigenvalue weighted by atomic mass is 10.1. The molecule has 0 bridgehead atoms. The minimum atomic E-state index is -3.71. The Morgan fingerprint density at radius 2 is 1.80 bits per heavy atom. The predicted molar refractivity (Wildman–Crippen MR) is 80.7 cm³/mol. The van der Waals surface area contributed by atoms with Crippen LogP contribution in [-0.4, -0.2) is 8.42 Å². The van der Waals surface area contributed by atoms with Crippen LogP contribution < -0.4 is 4.72 Å². The zero-order valence-corrected chi connectivity index (χ0v) is 13.1. The van der Waals surface area contributed by atoms with Gasteiger partial charge in [0.2, 0.25) is 0 Å². The van der Waals surface area contributed by atoms with E-state index in [9.17, 15) is 12.8 Å². The molecule has 2 aromatic carbocycles. The molecule has 106 valence electrons. The molecule has 2 aromatic rings. The summed E-state index contributed by atoms with van der Waals surface area (Å²) in [6, 6.07) is 10.0. The lowest BCUT2D eigenvalue weighted by Gasteiger charge is -2.12. The van der Waals surface area contributed by atoms with E-state index in [2.05, 4.69) is 20.7 Å². The maximum atomic E-state index is 12.8. The first kappa shape index (κ1) is 15.0. The van der Waals surface area contributed by atoms with Gasteiger partial charge in [-0.25, -0.2) is 12.8 Å². The van der Waals surface area contributed by atoms with E-state index in [0.29, 0.717) is 12.1 Å². The van der Waals surface area contributed by atoms with E-state index in [1.165, 1.54) is 12.1 Å². The van der Waals surface area contributed by atoms with E-state index in [1.807, 2.05) is 13.0 Å². The average Bonchev–Trinajstić information content (AvgIpc) is 2.41. The molecule has 3 nitrogen and oxygen atoms in total. The molecule has 0 aliphatic heterocycles. The average molecular weight is 358 g/mol. The molecule has 0 unspecified atom stereocenters. The molecule has 0 spiro atoms. The van der Waals surface area contributed by atoms with Crippen LogP contribution in [0.5, 0.6) is 0 Å². The zero-order chi connectivity index (χ0) is 14.8. The van der Waals surface area contributed by atoms with Crippen molar-refractivity contribution in [1.82, 2.24) is 0 Å². The molecule has 0 fully saturated rings. The third-order valence-corrected chi connectivity index (χ3v) is 4.69. The summed E-state index contributed by atoms with van der Waals surface area (Å²) in [6.07, 6.45) is 0.695. The number of benzene rings is 2. The van der Waals surface area contributed by atoms with Gasteiger partial charge in [0.1, 0.15) is 5.82 Å². The van der Waals surface area contributed by atoms with Crippen LogP contribution in [0.4, 0.5) is 10.1 Å². The molecule has 1 N–H and O–H groups in total. The van der Waals surface area contributed by atoms with Gasteiger partial charge in [0.15, 0.2) is 0 Å². The highest BCUT2D eigenvalue weighted by molar-refractivity contribution is 9.10. The fraction of sp³-hybridized carbons (Fsp3) is 0.143. The summed E-state index contributed by atoms with van der Waals surface area (Å²) in [6.45, 7) is 1.94. The third-order valence-electron chi connectivity index (χ3n) is 2.82. The molecule has 0 aliphatic carbocycles. The number of hydrogen-bond acceptors (Lipinski definition) is 2. The number of nitrogens with one attached hydrogen (secondary N) is 1. The van der Waals surface area contributed by atoms with Crippen molar-refractivity contribution in [1.29, 1.82) is 0 Å². The van der Waals surface area contributed by atoms with Crippen LogP contribution in [0.3, 0.4) is 0 Å². The monoisotopic (exact) mass is 357 g/mol. The van der Waals surface area contributed by atoms with Gasteiger partial charge in [-0.2, -0.15) is 0 Å². The highest BCUT2D eigenvalue weighted by Crippen LogP contribution is 2.24. The van der Waals surface area contributed by atoms with E-state index in [-0.39, 0.29) is 4.90 Å². The fourth-order valence-electron chi connectivity index (χ4n) is 1.77. The Labute approximate surface area is 126 Å². The Balaban J connectivity index is 2.35. The smallest absolute Gasteiger partial charge is 0.261 e. The van der Waals surface area contributed by atoms with Crippen LogP contribution >= 0.6 is 15.9 Å². The SMILES string of the molecule is CCc1cc(Br)ccc1NS(=O)(=O)c1ccc(F)cc1. The van der Waals surface area contributed by atoms with Gasteiger partial charge in [-0.15, -0.1) is 0 Å². The highest BCUT2D eigenvalue weighted by atomic mass is 79.9. The summed E-state index contributed by atoms with van der Waals surface area (Å²) in [7, 11) is -3.71. The van der Waals surface area contributed by atoms with E-state index in [1.54, 1.807) is 12.1 Å². The van der Waals surface area contributed by atoms with Gasteiger partial charge in [-0.3, -0.25) is 4.72 Å². The van der Waals surface area contributed by atoms with E-state index < -0.39 is 15.8 Å². The number of hydrogen-bond donors (Lipinski definition) is 1. The van der Waals surface area contributed by atoms with Gasteiger partial charge in [-0.1, -0.05) is 22.9 Å². The molecular weight excluding hydrogens is 345 g/mol. The second kappa shape index (κ2) is 5.93. The molecule has 0 saturated heterocycles. The standard InChI is InChI=1S/C14H13BrFNO2S/c1-2-10-9-11(15)3-8-14(10)17-20(18,19)13-6-4-12(16)5-7-13/h3-9,17H,2H2,1H3. The molecule has 0 aliphatic rings. The van der Waals surface area contributed by atoms with E-state index >= 15 is 0 Å². The van der Waals surface area contributed by atoms with Crippen LogP contribution in [-0.2, 0) is 16.4 Å². The van der Waals surface area contributed by atoms with Crippen LogP contribution in [0.15, 0.2) is 51.8 Å². The molecule has 0 amide bonds. The Bertz CT molecular complexity index is 714. The summed E-state index contributed by atoms with van der Waals surface area (Å²) in [5.41, 5.74) is 1.41. The van der Waals surface area contributed by atoms with Crippen molar-refractivity contribution in [3.8, 4) is 0 Å². The molecule has 2 rings (SSSR count). The minimum Gasteiger partial charge on any atom is -0.279 e. The van der Waals surface area contributed by atoms with Crippen molar-refractivity contribution in [2.24, 2.45) is 0 Å².